The van der Waals surface area contributed by atoms with E-state index < -0.39 is 22.2 Å². The number of nitrogens with zero attached hydrogens (tertiary/aromatic N) is 3. The van der Waals surface area contributed by atoms with Crippen LogP contribution < -0.4 is 5.32 Å². The molecule has 0 amide bonds. The number of halogens is 2. The Bertz CT molecular complexity index is 642. The van der Waals surface area contributed by atoms with Crippen molar-refractivity contribution in [2.75, 3.05) is 11.9 Å². The van der Waals surface area contributed by atoms with Gasteiger partial charge in [-0.2, -0.15) is 9.49 Å². The molecule has 1 aromatic carbocycles. The van der Waals surface area contributed by atoms with Crippen LogP contribution in [0.1, 0.15) is 5.56 Å². The highest BCUT2D eigenvalue weighted by Crippen LogP contribution is 2.28. The third kappa shape index (κ3) is 3.08. The van der Waals surface area contributed by atoms with Crippen molar-refractivity contribution in [3.05, 3.63) is 51.8 Å². The van der Waals surface area contributed by atoms with Crippen LogP contribution in [0.25, 0.3) is 0 Å². The van der Waals surface area contributed by atoms with Gasteiger partial charge in [0.05, 0.1) is 11.1 Å². The second-order valence-electron chi connectivity index (χ2n) is 4.24. The number of hydrogen-bond acceptors (Lipinski definition) is 4. The number of benzene rings is 1. The molecule has 20 heavy (non-hydrogen) atoms. The summed E-state index contributed by atoms with van der Waals surface area (Å²) in [5.74, 6) is -2.06. The van der Waals surface area contributed by atoms with Crippen molar-refractivity contribution in [2.45, 2.75) is 6.42 Å². The largest absolute Gasteiger partial charge is 0.379 e. The molecule has 0 spiro atoms. The fourth-order valence-electron chi connectivity index (χ4n) is 1.83. The van der Waals surface area contributed by atoms with E-state index in [-0.39, 0.29) is 5.69 Å². The number of nitro benzene ring substituents is 1. The van der Waals surface area contributed by atoms with Gasteiger partial charge < -0.3 is 5.32 Å². The molecule has 0 aliphatic rings. The Hall–Kier alpha value is -2.51. The molecule has 1 heterocycles. The molecule has 0 unspecified atom stereocenters. The summed E-state index contributed by atoms with van der Waals surface area (Å²) >= 11 is 0. The molecule has 6 nitrogen and oxygen atoms in total. The number of anilines is 1. The molecule has 0 saturated carbocycles. The molecule has 0 fully saturated rings. The van der Waals surface area contributed by atoms with E-state index in [1.165, 1.54) is 0 Å². The second kappa shape index (κ2) is 5.64. The summed E-state index contributed by atoms with van der Waals surface area (Å²) in [5.41, 5.74) is -0.00601. The molecule has 1 aromatic heterocycles. The molecule has 0 saturated heterocycles. The average Bonchev–Trinajstić information content (AvgIpc) is 2.73. The van der Waals surface area contributed by atoms with Crippen molar-refractivity contribution in [3.8, 4) is 0 Å². The molecule has 2 aromatic rings. The molecule has 0 radical (unpaired) electrons. The van der Waals surface area contributed by atoms with Gasteiger partial charge in [-0.05, 0) is 12.0 Å². The number of hydrogen-bond donors (Lipinski definition) is 1. The van der Waals surface area contributed by atoms with Gasteiger partial charge in [-0.1, -0.05) is 0 Å². The summed E-state index contributed by atoms with van der Waals surface area (Å²) in [6.45, 7) is 0.301. The molecular formula is C12H12F2N4O2. The lowest BCUT2D eigenvalue weighted by molar-refractivity contribution is -0.386. The highest BCUT2D eigenvalue weighted by molar-refractivity contribution is 5.62. The summed E-state index contributed by atoms with van der Waals surface area (Å²) in [6, 6.07) is 1.40. The first kappa shape index (κ1) is 13.9. The van der Waals surface area contributed by atoms with E-state index in [4.69, 9.17) is 0 Å². The number of nitrogens with one attached hydrogen (secondary N) is 1. The Morgan fingerprint density at radius 2 is 2.20 bits per heavy atom. The lowest BCUT2D eigenvalue weighted by Crippen LogP contribution is -2.08. The minimum Gasteiger partial charge on any atom is -0.379 e. The molecule has 2 rings (SSSR count). The third-order valence-corrected chi connectivity index (χ3v) is 2.70. The van der Waals surface area contributed by atoms with E-state index in [9.17, 15) is 18.9 Å². The minimum absolute atomic E-state index is 0.170. The molecule has 8 heteroatoms. The number of aromatic nitrogens is 2. The van der Waals surface area contributed by atoms with Crippen molar-refractivity contribution >= 4 is 11.4 Å². The smallest absolute Gasteiger partial charge is 0.327 e. The Labute approximate surface area is 113 Å². The van der Waals surface area contributed by atoms with Crippen molar-refractivity contribution in [1.29, 1.82) is 0 Å². The molecule has 0 aliphatic carbocycles. The zero-order chi connectivity index (χ0) is 14.7. The zero-order valence-electron chi connectivity index (χ0n) is 10.6. The standard InChI is InChI=1S/C12H12F2N4O2/c1-17-7-8(6-16-17)2-3-15-11-5-9(13)4-10(14)12(11)18(19)20/h4-7,15H,2-3H2,1H3. The van der Waals surface area contributed by atoms with Crippen LogP contribution in [0.15, 0.2) is 24.5 Å². The molecule has 0 bridgehead atoms. The van der Waals surface area contributed by atoms with Crippen LogP contribution in [0.2, 0.25) is 0 Å². The van der Waals surface area contributed by atoms with E-state index >= 15 is 0 Å². The van der Waals surface area contributed by atoms with E-state index in [2.05, 4.69) is 10.4 Å². The summed E-state index contributed by atoms with van der Waals surface area (Å²) in [4.78, 5) is 9.91. The normalized spacial score (nSPS) is 10.6. The van der Waals surface area contributed by atoms with Crippen LogP contribution >= 0.6 is 0 Å². The summed E-state index contributed by atoms with van der Waals surface area (Å²) in [5, 5.41) is 17.4. The van der Waals surface area contributed by atoms with Crippen molar-refractivity contribution < 1.29 is 13.7 Å². The maximum atomic E-state index is 13.4. The summed E-state index contributed by atoms with van der Waals surface area (Å²) in [6.07, 6.45) is 3.98. The van der Waals surface area contributed by atoms with Gasteiger partial charge in [0.1, 0.15) is 11.5 Å². The summed E-state index contributed by atoms with van der Waals surface area (Å²) in [7, 11) is 1.77. The molecule has 1 N–H and O–H groups in total. The Morgan fingerprint density at radius 3 is 2.80 bits per heavy atom. The predicted molar refractivity (Wildman–Crippen MR) is 68.4 cm³/mol. The third-order valence-electron chi connectivity index (χ3n) is 2.70. The molecule has 106 valence electrons. The van der Waals surface area contributed by atoms with Gasteiger partial charge in [0.15, 0.2) is 0 Å². The monoisotopic (exact) mass is 282 g/mol. The van der Waals surface area contributed by atoms with Gasteiger partial charge >= 0.3 is 5.69 Å². The van der Waals surface area contributed by atoms with Crippen LogP contribution in [0.5, 0.6) is 0 Å². The molecule has 0 atom stereocenters. The van der Waals surface area contributed by atoms with Gasteiger partial charge in [0, 0.05) is 31.9 Å². The molecular weight excluding hydrogens is 270 g/mol. The first-order valence-electron chi connectivity index (χ1n) is 5.82. The van der Waals surface area contributed by atoms with E-state index in [0.717, 1.165) is 11.6 Å². The topological polar surface area (TPSA) is 73.0 Å². The lowest BCUT2D eigenvalue weighted by Gasteiger charge is -2.07. The number of aryl methyl sites for hydroxylation is 1. The summed E-state index contributed by atoms with van der Waals surface area (Å²) < 4.78 is 28.1. The van der Waals surface area contributed by atoms with E-state index in [0.29, 0.717) is 19.0 Å². The maximum Gasteiger partial charge on any atom is 0.327 e. The van der Waals surface area contributed by atoms with E-state index in [1.807, 2.05) is 0 Å². The SMILES string of the molecule is Cn1cc(CCNc2cc(F)cc(F)c2[N+](=O)[O-])cn1. The van der Waals surface area contributed by atoms with Gasteiger partial charge in [0.2, 0.25) is 5.82 Å². The van der Waals surface area contributed by atoms with E-state index in [1.54, 1.807) is 24.1 Å². The first-order valence-corrected chi connectivity index (χ1v) is 5.82. The van der Waals surface area contributed by atoms with Crippen LogP contribution in [0, 0.1) is 21.7 Å². The highest BCUT2D eigenvalue weighted by Gasteiger charge is 2.21. The maximum absolute atomic E-state index is 13.4. The van der Waals surface area contributed by atoms with Gasteiger partial charge in [0.25, 0.3) is 0 Å². The zero-order valence-corrected chi connectivity index (χ0v) is 10.6. The number of nitro groups is 1. The van der Waals surface area contributed by atoms with Gasteiger partial charge in [-0.25, -0.2) is 4.39 Å². The van der Waals surface area contributed by atoms with Crippen LogP contribution in [0.4, 0.5) is 20.2 Å². The fraction of sp³-hybridized carbons (Fsp3) is 0.250. The average molecular weight is 282 g/mol. The first-order chi connectivity index (χ1) is 9.47. The van der Waals surface area contributed by atoms with Crippen molar-refractivity contribution in [2.24, 2.45) is 7.05 Å². The highest BCUT2D eigenvalue weighted by atomic mass is 19.1. The van der Waals surface area contributed by atoms with Gasteiger partial charge in [-0.3, -0.25) is 14.8 Å². The fourth-order valence-corrected chi connectivity index (χ4v) is 1.83. The second-order valence-corrected chi connectivity index (χ2v) is 4.24. The van der Waals surface area contributed by atoms with Crippen molar-refractivity contribution in [3.63, 3.8) is 0 Å². The molecule has 0 aliphatic heterocycles. The van der Waals surface area contributed by atoms with Crippen LogP contribution in [-0.4, -0.2) is 21.2 Å². The minimum atomic E-state index is -1.20. The lowest BCUT2D eigenvalue weighted by atomic mass is 10.2. The van der Waals surface area contributed by atoms with Gasteiger partial charge in [-0.15, -0.1) is 0 Å². The Kier molecular flexibility index (Phi) is 3.92. The number of rotatable bonds is 5. The Morgan fingerprint density at radius 1 is 1.45 bits per heavy atom. The predicted octanol–water partition coefficient (Wildman–Crippen LogP) is 2.26. The van der Waals surface area contributed by atoms with Crippen LogP contribution in [-0.2, 0) is 13.5 Å². The van der Waals surface area contributed by atoms with Crippen LogP contribution in [0.3, 0.4) is 0 Å². The quantitative estimate of drug-likeness (QED) is 0.674. The Balaban J connectivity index is 2.10. The van der Waals surface area contributed by atoms with Crippen molar-refractivity contribution in [1.82, 2.24) is 9.78 Å².